The highest BCUT2D eigenvalue weighted by molar-refractivity contribution is 5.94. The van der Waals surface area contributed by atoms with Crippen LogP contribution in [0.15, 0.2) is 58.1 Å². The first-order chi connectivity index (χ1) is 14.4. The van der Waals surface area contributed by atoms with Gasteiger partial charge in [0.15, 0.2) is 5.78 Å². The number of hydrogen-bond acceptors (Lipinski definition) is 4. The van der Waals surface area contributed by atoms with Crippen LogP contribution >= 0.6 is 0 Å². The summed E-state index contributed by atoms with van der Waals surface area (Å²) in [5.74, 6) is -0.392. The normalized spacial score (nSPS) is 14.5. The number of carbonyl (C=O) groups excluding carboxylic acids is 2. The lowest BCUT2D eigenvalue weighted by atomic mass is 10.1. The average molecular weight is 405 g/mol. The Bertz CT molecular complexity index is 1270. The van der Waals surface area contributed by atoms with E-state index in [0.29, 0.717) is 28.6 Å². The fourth-order valence-corrected chi connectivity index (χ4v) is 3.69. The molecule has 1 fully saturated rings. The van der Waals surface area contributed by atoms with E-state index in [4.69, 9.17) is 0 Å². The number of amides is 1. The third-order valence-electron chi connectivity index (χ3n) is 5.43. The molecule has 7 heteroatoms. The Morgan fingerprint density at radius 3 is 2.50 bits per heavy atom. The van der Waals surface area contributed by atoms with Crippen LogP contribution in [0.2, 0.25) is 0 Å². The zero-order chi connectivity index (χ0) is 21.4. The molecule has 30 heavy (non-hydrogen) atoms. The van der Waals surface area contributed by atoms with Gasteiger partial charge in [0.25, 0.3) is 5.56 Å². The molecule has 1 saturated carbocycles. The van der Waals surface area contributed by atoms with E-state index in [1.807, 2.05) is 6.92 Å². The molecule has 1 aliphatic rings. The number of para-hydroxylation sites is 1. The van der Waals surface area contributed by atoms with Crippen molar-refractivity contribution in [3.05, 3.63) is 74.9 Å². The Morgan fingerprint density at radius 2 is 1.83 bits per heavy atom. The largest absolute Gasteiger partial charge is 0.352 e. The molecule has 0 aliphatic heterocycles. The topological polar surface area (TPSA) is 90.2 Å². The van der Waals surface area contributed by atoms with Crippen LogP contribution in [0.4, 0.5) is 0 Å². The van der Waals surface area contributed by atoms with E-state index in [9.17, 15) is 19.2 Å². The molecule has 1 amide bonds. The van der Waals surface area contributed by atoms with E-state index in [0.717, 1.165) is 17.4 Å². The molecule has 1 N–H and O–H groups in total. The summed E-state index contributed by atoms with van der Waals surface area (Å²) in [6.07, 6.45) is 2.28. The molecule has 154 valence electrons. The summed E-state index contributed by atoms with van der Waals surface area (Å²) in [6.45, 7) is 3.26. The van der Waals surface area contributed by atoms with E-state index in [1.54, 1.807) is 42.5 Å². The van der Waals surface area contributed by atoms with Crippen LogP contribution in [-0.4, -0.2) is 26.9 Å². The van der Waals surface area contributed by atoms with E-state index in [-0.39, 0.29) is 17.7 Å². The van der Waals surface area contributed by atoms with Crippen molar-refractivity contribution in [2.24, 2.45) is 0 Å². The fraction of sp³-hybridized carbons (Fsp3) is 0.304. The summed E-state index contributed by atoms with van der Waals surface area (Å²) in [6, 6.07) is 12.6. The average Bonchev–Trinajstić information content (AvgIpc) is 3.55. The van der Waals surface area contributed by atoms with Gasteiger partial charge >= 0.3 is 5.69 Å². The number of Topliss-reactive ketones (excluding diaryl/α,β-unsaturated/α-hetero) is 1. The highest BCUT2D eigenvalue weighted by Crippen LogP contribution is 2.22. The van der Waals surface area contributed by atoms with Gasteiger partial charge in [0.1, 0.15) is 6.04 Å². The molecule has 7 nitrogen and oxygen atoms in total. The van der Waals surface area contributed by atoms with Gasteiger partial charge in [0.2, 0.25) is 5.91 Å². The van der Waals surface area contributed by atoms with E-state index >= 15 is 0 Å². The monoisotopic (exact) mass is 405 g/mol. The van der Waals surface area contributed by atoms with Crippen molar-refractivity contribution >= 4 is 22.6 Å². The molecule has 1 aromatic heterocycles. The minimum Gasteiger partial charge on any atom is -0.352 e. The summed E-state index contributed by atoms with van der Waals surface area (Å²) >= 11 is 0. The second kappa shape index (κ2) is 7.74. The molecular formula is C23H23N3O4. The summed E-state index contributed by atoms with van der Waals surface area (Å²) in [5.41, 5.74) is 0.0400. The van der Waals surface area contributed by atoms with Crippen LogP contribution in [0.25, 0.3) is 16.6 Å². The number of fused-ring (bicyclic) bond motifs is 1. The first kappa shape index (κ1) is 19.8. The second-order valence-corrected chi connectivity index (χ2v) is 7.62. The van der Waals surface area contributed by atoms with E-state index in [2.05, 4.69) is 5.32 Å². The van der Waals surface area contributed by atoms with Gasteiger partial charge < -0.3 is 5.32 Å². The second-order valence-electron chi connectivity index (χ2n) is 7.62. The SMILES string of the molecule is CC[C@@H](C(=O)NC1CC1)n1c(=O)n(-c2cccc(C(C)=O)c2)c(=O)c2ccccc21. The van der Waals surface area contributed by atoms with E-state index < -0.39 is 17.3 Å². The Hall–Kier alpha value is -3.48. The quantitative estimate of drug-likeness (QED) is 0.638. The van der Waals surface area contributed by atoms with Gasteiger partial charge in [-0.3, -0.25) is 19.0 Å². The number of aromatic nitrogens is 2. The lowest BCUT2D eigenvalue weighted by Crippen LogP contribution is -2.44. The zero-order valence-electron chi connectivity index (χ0n) is 16.9. The van der Waals surface area contributed by atoms with Crippen molar-refractivity contribution in [1.29, 1.82) is 0 Å². The standard InChI is InChI=1S/C23H23N3O4/c1-3-19(21(28)24-16-11-12-16)26-20-10-5-4-9-18(20)22(29)25(23(26)30)17-8-6-7-15(13-17)14(2)27/h4-10,13,16,19H,3,11-12H2,1-2H3,(H,24,28)/t19-/m0/s1. The van der Waals surface area contributed by atoms with Crippen LogP contribution in [0.5, 0.6) is 0 Å². The van der Waals surface area contributed by atoms with Gasteiger partial charge in [-0.15, -0.1) is 0 Å². The number of nitrogens with zero attached hydrogens (tertiary/aromatic N) is 2. The highest BCUT2D eigenvalue weighted by Gasteiger charge is 2.30. The molecule has 1 atom stereocenters. The first-order valence-corrected chi connectivity index (χ1v) is 10.1. The lowest BCUT2D eigenvalue weighted by molar-refractivity contribution is -0.124. The third-order valence-corrected chi connectivity index (χ3v) is 5.43. The molecule has 0 radical (unpaired) electrons. The van der Waals surface area contributed by atoms with Crippen molar-refractivity contribution in [1.82, 2.24) is 14.5 Å². The Balaban J connectivity index is 2.00. The molecule has 1 aliphatic carbocycles. The summed E-state index contributed by atoms with van der Waals surface area (Å²) < 4.78 is 2.44. The third kappa shape index (κ3) is 3.47. The van der Waals surface area contributed by atoms with Crippen molar-refractivity contribution < 1.29 is 9.59 Å². The number of ketones is 1. The smallest absolute Gasteiger partial charge is 0.336 e. The van der Waals surface area contributed by atoms with Crippen molar-refractivity contribution in [2.75, 3.05) is 0 Å². The number of hydrogen-bond donors (Lipinski definition) is 1. The summed E-state index contributed by atoms with van der Waals surface area (Å²) in [5, 5.41) is 3.30. The van der Waals surface area contributed by atoms with Gasteiger partial charge in [-0.25, -0.2) is 9.36 Å². The van der Waals surface area contributed by atoms with Gasteiger partial charge in [-0.05, 0) is 50.5 Å². The highest BCUT2D eigenvalue weighted by atomic mass is 16.2. The maximum Gasteiger partial charge on any atom is 0.336 e. The number of nitrogens with one attached hydrogen (secondary N) is 1. The van der Waals surface area contributed by atoms with Crippen LogP contribution in [-0.2, 0) is 4.79 Å². The van der Waals surface area contributed by atoms with Gasteiger partial charge in [0, 0.05) is 11.6 Å². The first-order valence-electron chi connectivity index (χ1n) is 10.1. The molecule has 0 spiro atoms. The predicted molar refractivity (Wildman–Crippen MR) is 114 cm³/mol. The molecule has 3 aromatic rings. The molecule has 4 rings (SSSR count). The number of carbonyl (C=O) groups is 2. The Kier molecular flexibility index (Phi) is 5.11. The molecule has 0 bridgehead atoms. The molecular weight excluding hydrogens is 382 g/mol. The number of benzene rings is 2. The van der Waals surface area contributed by atoms with Crippen LogP contribution in [0, 0.1) is 0 Å². The van der Waals surface area contributed by atoms with Gasteiger partial charge in [-0.2, -0.15) is 0 Å². The maximum absolute atomic E-state index is 13.6. The minimum atomic E-state index is -0.745. The Labute approximate surface area is 173 Å². The van der Waals surface area contributed by atoms with Crippen molar-refractivity contribution in [2.45, 2.75) is 45.2 Å². The predicted octanol–water partition coefficient (Wildman–Crippen LogP) is 2.58. The fourth-order valence-electron chi connectivity index (χ4n) is 3.69. The molecule has 0 saturated heterocycles. The van der Waals surface area contributed by atoms with Crippen LogP contribution in [0.1, 0.15) is 49.5 Å². The molecule has 0 unspecified atom stereocenters. The van der Waals surface area contributed by atoms with Crippen LogP contribution in [0.3, 0.4) is 0 Å². The molecule has 1 heterocycles. The Morgan fingerprint density at radius 1 is 1.10 bits per heavy atom. The lowest BCUT2D eigenvalue weighted by Gasteiger charge is -2.21. The van der Waals surface area contributed by atoms with Crippen LogP contribution < -0.4 is 16.6 Å². The summed E-state index contributed by atoms with van der Waals surface area (Å²) in [7, 11) is 0. The number of rotatable bonds is 6. The van der Waals surface area contributed by atoms with E-state index in [1.165, 1.54) is 17.6 Å². The molecule has 2 aromatic carbocycles. The van der Waals surface area contributed by atoms with Crippen molar-refractivity contribution in [3.63, 3.8) is 0 Å². The maximum atomic E-state index is 13.6. The zero-order valence-corrected chi connectivity index (χ0v) is 16.9. The van der Waals surface area contributed by atoms with Gasteiger partial charge in [-0.1, -0.05) is 31.2 Å². The van der Waals surface area contributed by atoms with Crippen molar-refractivity contribution in [3.8, 4) is 5.69 Å². The van der Waals surface area contributed by atoms with Gasteiger partial charge in [0.05, 0.1) is 16.6 Å². The minimum absolute atomic E-state index is 0.159. The summed E-state index contributed by atoms with van der Waals surface area (Å²) in [4.78, 5) is 51.5.